The molecule has 6 aromatic carbocycles. The highest BCUT2D eigenvalue weighted by Crippen LogP contribution is 2.43. The summed E-state index contributed by atoms with van der Waals surface area (Å²) < 4.78 is 4.47. The fourth-order valence-corrected chi connectivity index (χ4v) is 7.93. The Bertz CT molecular complexity index is 2830. The smallest absolute Gasteiger partial charge is 0.101 e. The van der Waals surface area contributed by atoms with Crippen LogP contribution in [-0.2, 0) is 6.42 Å². The Kier molecular flexibility index (Phi) is 6.92. The number of hydrogen-bond donors (Lipinski definition) is 0. The van der Waals surface area contributed by atoms with E-state index in [1.807, 2.05) is 30.3 Å². The van der Waals surface area contributed by atoms with E-state index in [0.717, 1.165) is 61.1 Å². The van der Waals surface area contributed by atoms with Gasteiger partial charge in [0.1, 0.15) is 6.07 Å². The molecule has 0 fully saturated rings. The van der Waals surface area contributed by atoms with Crippen molar-refractivity contribution in [1.29, 1.82) is 15.8 Å². The van der Waals surface area contributed by atoms with Gasteiger partial charge in [-0.1, -0.05) is 91.9 Å². The molecule has 0 saturated carbocycles. The van der Waals surface area contributed by atoms with E-state index in [4.69, 9.17) is 0 Å². The predicted molar refractivity (Wildman–Crippen MR) is 204 cm³/mol. The minimum Gasteiger partial charge on any atom is -0.311 e. The molecule has 51 heavy (non-hydrogen) atoms. The van der Waals surface area contributed by atoms with Crippen LogP contribution >= 0.6 is 0 Å². The molecule has 0 aliphatic heterocycles. The van der Waals surface area contributed by atoms with Crippen LogP contribution in [0.1, 0.15) is 29.3 Å². The summed E-state index contributed by atoms with van der Waals surface area (Å²) in [4.78, 5) is 0. The van der Waals surface area contributed by atoms with Crippen molar-refractivity contribution in [1.82, 2.24) is 9.13 Å². The highest BCUT2D eigenvalue weighted by atomic mass is 15.0. The number of nitriles is 3. The summed E-state index contributed by atoms with van der Waals surface area (Å²) in [6.45, 7) is 2.06. The van der Waals surface area contributed by atoms with E-state index in [1.165, 1.54) is 10.8 Å². The molecule has 0 bridgehead atoms. The maximum atomic E-state index is 10.5. The molecule has 2 heterocycles. The number of rotatable bonds is 4. The summed E-state index contributed by atoms with van der Waals surface area (Å²) in [5.74, 6) is 0.0208. The van der Waals surface area contributed by atoms with E-state index < -0.39 is 0 Å². The molecule has 8 aromatic rings. The summed E-state index contributed by atoms with van der Waals surface area (Å²) in [6.07, 6.45) is 2.63. The number of aromatic nitrogens is 2. The van der Waals surface area contributed by atoms with Crippen LogP contribution in [0.4, 0.5) is 0 Å². The molecule has 5 nitrogen and oxygen atoms in total. The van der Waals surface area contributed by atoms with Crippen molar-refractivity contribution in [2.45, 2.75) is 13.3 Å². The third-order valence-corrected chi connectivity index (χ3v) is 10.3. The molecule has 1 aliphatic carbocycles. The minimum atomic E-state index is 0.0208. The van der Waals surface area contributed by atoms with Crippen LogP contribution in [0.3, 0.4) is 0 Å². The van der Waals surface area contributed by atoms with Gasteiger partial charge in [0.25, 0.3) is 0 Å². The number of hydrogen-bond acceptors (Lipinski definition) is 3. The van der Waals surface area contributed by atoms with Crippen molar-refractivity contribution < 1.29 is 0 Å². The molecule has 1 aliphatic rings. The first kappa shape index (κ1) is 30.0. The van der Waals surface area contributed by atoms with Crippen LogP contribution in [0, 0.1) is 39.9 Å². The zero-order valence-corrected chi connectivity index (χ0v) is 27.8. The second-order valence-corrected chi connectivity index (χ2v) is 13.1. The molecule has 2 aromatic heterocycles. The molecule has 1 unspecified atom stereocenters. The SMILES string of the molecule is CC1Cc2c(c3ccccc3n2-c2c(C#N)ccc(C#N)c2-c2cccc(-c3ccc(-n4c5ccccc5c5ccccc54)cc3)c2)C=C1C#N. The number of para-hydroxylation sites is 3. The summed E-state index contributed by atoms with van der Waals surface area (Å²) in [7, 11) is 0. The van der Waals surface area contributed by atoms with Gasteiger partial charge >= 0.3 is 0 Å². The van der Waals surface area contributed by atoms with Gasteiger partial charge in [0.05, 0.1) is 45.5 Å². The van der Waals surface area contributed by atoms with Crippen molar-refractivity contribution in [2.75, 3.05) is 0 Å². The van der Waals surface area contributed by atoms with E-state index in [0.29, 0.717) is 28.8 Å². The summed E-state index contributed by atoms with van der Waals surface area (Å²) >= 11 is 0. The maximum Gasteiger partial charge on any atom is 0.101 e. The normalized spacial score (nSPS) is 13.8. The van der Waals surface area contributed by atoms with Gasteiger partial charge in [-0.3, -0.25) is 0 Å². The summed E-state index contributed by atoms with van der Waals surface area (Å²) in [5.41, 5.74) is 12.4. The van der Waals surface area contributed by atoms with Gasteiger partial charge in [-0.25, -0.2) is 0 Å². The Morgan fingerprint density at radius 1 is 0.549 bits per heavy atom. The molecule has 5 heteroatoms. The third kappa shape index (κ3) is 4.59. The molecule has 9 rings (SSSR count). The van der Waals surface area contributed by atoms with E-state index in [1.54, 1.807) is 12.1 Å². The Morgan fingerprint density at radius 3 is 1.78 bits per heavy atom. The Hall–Kier alpha value is -7.13. The van der Waals surface area contributed by atoms with Gasteiger partial charge in [-0.05, 0) is 83.6 Å². The molecule has 238 valence electrons. The highest BCUT2D eigenvalue weighted by Gasteiger charge is 2.28. The maximum absolute atomic E-state index is 10.5. The van der Waals surface area contributed by atoms with Gasteiger partial charge in [0.2, 0.25) is 0 Å². The lowest BCUT2D eigenvalue weighted by Gasteiger charge is -2.22. The largest absolute Gasteiger partial charge is 0.311 e. The highest BCUT2D eigenvalue weighted by molar-refractivity contribution is 6.09. The van der Waals surface area contributed by atoms with E-state index in [2.05, 4.69) is 131 Å². The fraction of sp³-hybridized carbons (Fsp3) is 0.0652. The lowest BCUT2D eigenvalue weighted by molar-refractivity contribution is 0.667. The zero-order chi connectivity index (χ0) is 34.6. The molecular formula is C46H29N5. The van der Waals surface area contributed by atoms with Crippen LogP contribution < -0.4 is 0 Å². The first-order valence-corrected chi connectivity index (χ1v) is 17.0. The van der Waals surface area contributed by atoms with Gasteiger partial charge < -0.3 is 9.13 Å². The van der Waals surface area contributed by atoms with E-state index >= 15 is 0 Å². The zero-order valence-electron chi connectivity index (χ0n) is 27.8. The van der Waals surface area contributed by atoms with Crippen molar-refractivity contribution in [2.24, 2.45) is 5.92 Å². The third-order valence-electron chi connectivity index (χ3n) is 10.3. The van der Waals surface area contributed by atoms with Crippen molar-refractivity contribution in [3.8, 4) is 51.8 Å². The Labute approximate surface area is 295 Å². The molecule has 0 amide bonds. The van der Waals surface area contributed by atoms with Crippen LogP contribution in [0.5, 0.6) is 0 Å². The van der Waals surface area contributed by atoms with E-state index in [9.17, 15) is 15.8 Å². The first-order valence-electron chi connectivity index (χ1n) is 17.0. The number of allylic oxidation sites excluding steroid dienone is 1. The number of benzene rings is 6. The monoisotopic (exact) mass is 651 g/mol. The van der Waals surface area contributed by atoms with Gasteiger partial charge in [-0.2, -0.15) is 15.8 Å². The lowest BCUT2D eigenvalue weighted by Crippen LogP contribution is -2.14. The standard InChI is InChI=1S/C46H29N5/c1-29-23-44-40(25-35(29)28-49)39-13-4-7-16-43(39)51(44)46-34(27-48)18-17-33(26-47)45(46)32-10-8-9-31(24-32)30-19-21-36(22-20-30)50-41-14-5-2-11-37(41)38-12-3-6-15-42(38)50/h2-22,24-25,29H,23H2,1H3. The minimum absolute atomic E-state index is 0.0208. The average molecular weight is 652 g/mol. The Balaban J connectivity index is 1.21. The summed E-state index contributed by atoms with van der Waals surface area (Å²) in [5, 5.41) is 34.4. The molecule has 1 atom stereocenters. The van der Waals surface area contributed by atoms with Crippen LogP contribution in [-0.4, -0.2) is 9.13 Å². The van der Waals surface area contributed by atoms with Crippen LogP contribution in [0.2, 0.25) is 0 Å². The molecule has 0 N–H and O–H groups in total. The fourth-order valence-electron chi connectivity index (χ4n) is 7.93. The Morgan fingerprint density at radius 2 is 1.14 bits per heavy atom. The van der Waals surface area contributed by atoms with Gasteiger partial charge in [0, 0.05) is 44.2 Å². The van der Waals surface area contributed by atoms with Crippen molar-refractivity contribution in [3.05, 3.63) is 161 Å². The predicted octanol–water partition coefficient (Wildman–Crippen LogP) is 10.9. The topological polar surface area (TPSA) is 81.2 Å². The quantitative estimate of drug-likeness (QED) is 0.190. The van der Waals surface area contributed by atoms with Crippen LogP contribution in [0.25, 0.3) is 72.4 Å². The van der Waals surface area contributed by atoms with E-state index in [-0.39, 0.29) is 5.92 Å². The molecular weight excluding hydrogens is 623 g/mol. The molecule has 0 saturated heterocycles. The lowest BCUT2D eigenvalue weighted by atomic mass is 9.87. The summed E-state index contributed by atoms with van der Waals surface area (Å²) in [6, 6.07) is 52.7. The number of fused-ring (bicyclic) bond motifs is 6. The number of nitrogens with zero attached hydrogens (tertiary/aromatic N) is 5. The average Bonchev–Trinajstić information content (AvgIpc) is 3.69. The van der Waals surface area contributed by atoms with Crippen molar-refractivity contribution >= 4 is 38.8 Å². The van der Waals surface area contributed by atoms with Crippen molar-refractivity contribution in [3.63, 3.8) is 0 Å². The molecule has 0 radical (unpaired) electrons. The van der Waals surface area contributed by atoms with Gasteiger partial charge in [0.15, 0.2) is 0 Å². The molecule has 0 spiro atoms. The first-order chi connectivity index (χ1) is 25.1. The van der Waals surface area contributed by atoms with Crippen LogP contribution in [0.15, 0.2) is 139 Å². The second kappa shape index (κ2) is 11.8. The second-order valence-electron chi connectivity index (χ2n) is 13.1. The van der Waals surface area contributed by atoms with Gasteiger partial charge in [-0.15, -0.1) is 0 Å².